The van der Waals surface area contributed by atoms with E-state index in [-0.39, 0.29) is 12.8 Å². The van der Waals surface area contributed by atoms with Crippen LogP contribution in [0.2, 0.25) is 0 Å². The van der Waals surface area contributed by atoms with Crippen LogP contribution in [0.4, 0.5) is 0 Å². The summed E-state index contributed by atoms with van der Waals surface area (Å²) in [5.74, 6) is -1.61. The fourth-order valence-corrected chi connectivity index (χ4v) is 2.58. The Kier molecular flexibility index (Phi) is 6.22. The summed E-state index contributed by atoms with van der Waals surface area (Å²) in [4.78, 5) is 21.5. The average Bonchev–Trinajstić information content (AvgIpc) is 2.41. The fourth-order valence-electron chi connectivity index (χ4n) is 2.58. The molecule has 1 rings (SSSR count). The number of aryl methyl sites for hydroxylation is 2. The van der Waals surface area contributed by atoms with Crippen LogP contribution in [0.1, 0.15) is 48.9 Å². The Balaban J connectivity index is 3.10. The number of hydrogen-bond acceptors (Lipinski definition) is 2. The van der Waals surface area contributed by atoms with Gasteiger partial charge in [-0.05, 0) is 47.9 Å². The van der Waals surface area contributed by atoms with Crippen molar-refractivity contribution in [2.45, 2.75) is 52.4 Å². The molecule has 0 saturated heterocycles. The first-order valence-electron chi connectivity index (χ1n) is 7.05. The lowest BCUT2D eigenvalue weighted by Gasteiger charge is -2.17. The van der Waals surface area contributed by atoms with E-state index >= 15 is 0 Å². The molecule has 0 heterocycles. The molecule has 1 aromatic rings. The van der Waals surface area contributed by atoms with Crippen LogP contribution < -0.4 is 0 Å². The highest BCUT2D eigenvalue weighted by molar-refractivity contribution is 5.68. The van der Waals surface area contributed by atoms with Crippen molar-refractivity contribution in [3.05, 3.63) is 34.4 Å². The van der Waals surface area contributed by atoms with Gasteiger partial charge in [-0.15, -0.1) is 0 Å². The first-order valence-corrected chi connectivity index (χ1v) is 7.05. The summed E-state index contributed by atoms with van der Waals surface area (Å²) in [6.07, 6.45) is 2.91. The summed E-state index contributed by atoms with van der Waals surface area (Å²) in [7, 11) is 0. The molecular formula is C16H22O4. The summed E-state index contributed by atoms with van der Waals surface area (Å²) in [5.41, 5.74) is 4.43. The Morgan fingerprint density at radius 2 is 1.40 bits per heavy atom. The lowest BCUT2D eigenvalue weighted by atomic mass is 9.88. The van der Waals surface area contributed by atoms with Gasteiger partial charge in [-0.25, -0.2) is 0 Å². The molecule has 0 aliphatic carbocycles. The van der Waals surface area contributed by atoms with Gasteiger partial charge in [-0.3, -0.25) is 9.59 Å². The van der Waals surface area contributed by atoms with E-state index in [1.54, 1.807) is 0 Å². The number of rotatable bonds is 8. The van der Waals surface area contributed by atoms with E-state index in [0.717, 1.165) is 29.5 Å². The molecule has 110 valence electrons. The van der Waals surface area contributed by atoms with Gasteiger partial charge in [0, 0.05) is 12.8 Å². The molecule has 4 nitrogen and oxygen atoms in total. The molecule has 0 spiro atoms. The number of benzene rings is 1. The van der Waals surface area contributed by atoms with Gasteiger partial charge in [-0.2, -0.15) is 0 Å². The van der Waals surface area contributed by atoms with Crippen molar-refractivity contribution >= 4 is 11.9 Å². The van der Waals surface area contributed by atoms with E-state index in [2.05, 4.69) is 6.92 Å². The average molecular weight is 278 g/mol. The molecule has 2 N–H and O–H groups in total. The predicted molar refractivity (Wildman–Crippen MR) is 77.1 cm³/mol. The van der Waals surface area contributed by atoms with Crippen molar-refractivity contribution in [1.29, 1.82) is 0 Å². The third-order valence-electron chi connectivity index (χ3n) is 3.56. The van der Waals surface area contributed by atoms with E-state index in [9.17, 15) is 9.59 Å². The Morgan fingerprint density at radius 3 is 1.90 bits per heavy atom. The lowest BCUT2D eigenvalue weighted by Crippen LogP contribution is -2.08. The molecule has 0 amide bonds. The van der Waals surface area contributed by atoms with Crippen LogP contribution in [0.25, 0.3) is 0 Å². The quantitative estimate of drug-likeness (QED) is 0.766. The predicted octanol–water partition coefficient (Wildman–Crippen LogP) is 2.85. The SMILES string of the molecule is CCc1ccc(CCC(=O)O)c(CC)c1CCC(=O)O. The molecule has 0 radical (unpaired) electrons. The zero-order valence-electron chi connectivity index (χ0n) is 12.1. The summed E-state index contributed by atoms with van der Waals surface area (Å²) in [6, 6.07) is 4.00. The first-order chi connectivity index (χ1) is 9.49. The molecule has 20 heavy (non-hydrogen) atoms. The molecule has 0 aromatic heterocycles. The zero-order chi connectivity index (χ0) is 15.1. The van der Waals surface area contributed by atoms with Crippen LogP contribution in [0.5, 0.6) is 0 Å². The van der Waals surface area contributed by atoms with E-state index in [1.807, 2.05) is 19.1 Å². The van der Waals surface area contributed by atoms with Crippen molar-refractivity contribution in [1.82, 2.24) is 0 Å². The maximum atomic E-state index is 10.8. The summed E-state index contributed by atoms with van der Waals surface area (Å²) in [6.45, 7) is 4.08. The van der Waals surface area contributed by atoms with Crippen LogP contribution in [0, 0.1) is 0 Å². The van der Waals surface area contributed by atoms with Gasteiger partial charge in [-0.1, -0.05) is 26.0 Å². The summed E-state index contributed by atoms with van der Waals surface area (Å²) in [5, 5.41) is 17.7. The zero-order valence-corrected chi connectivity index (χ0v) is 12.1. The number of carbonyl (C=O) groups is 2. The van der Waals surface area contributed by atoms with Crippen molar-refractivity contribution in [3.8, 4) is 0 Å². The van der Waals surface area contributed by atoms with Gasteiger partial charge in [0.05, 0.1) is 0 Å². The van der Waals surface area contributed by atoms with Crippen LogP contribution >= 0.6 is 0 Å². The van der Waals surface area contributed by atoms with Crippen LogP contribution in [0.15, 0.2) is 12.1 Å². The normalized spacial score (nSPS) is 10.5. The standard InChI is InChI=1S/C16H22O4/c1-3-11-5-6-12(7-9-15(17)18)13(4-2)14(11)8-10-16(19)20/h5-6H,3-4,7-10H2,1-2H3,(H,17,18)(H,19,20). The smallest absolute Gasteiger partial charge is 0.303 e. The van der Waals surface area contributed by atoms with E-state index in [1.165, 1.54) is 5.56 Å². The number of carboxylic acid groups (broad SMARTS) is 2. The van der Waals surface area contributed by atoms with Crippen LogP contribution in [-0.4, -0.2) is 22.2 Å². The van der Waals surface area contributed by atoms with Crippen molar-refractivity contribution in [3.63, 3.8) is 0 Å². The molecule has 1 aromatic carbocycles. The molecule has 0 aliphatic rings. The van der Waals surface area contributed by atoms with Gasteiger partial charge >= 0.3 is 11.9 Å². The molecule has 4 heteroatoms. The first kappa shape index (κ1) is 16.2. The number of hydrogen-bond donors (Lipinski definition) is 2. The Morgan fingerprint density at radius 1 is 0.850 bits per heavy atom. The highest BCUT2D eigenvalue weighted by Crippen LogP contribution is 2.24. The maximum Gasteiger partial charge on any atom is 0.303 e. The highest BCUT2D eigenvalue weighted by atomic mass is 16.4. The second-order valence-electron chi connectivity index (χ2n) is 4.84. The Labute approximate surface area is 119 Å². The largest absolute Gasteiger partial charge is 0.481 e. The van der Waals surface area contributed by atoms with Gasteiger partial charge in [0.15, 0.2) is 0 Å². The lowest BCUT2D eigenvalue weighted by molar-refractivity contribution is -0.137. The minimum Gasteiger partial charge on any atom is -0.481 e. The molecule has 0 aliphatic heterocycles. The number of aliphatic carboxylic acids is 2. The van der Waals surface area contributed by atoms with Gasteiger partial charge in [0.2, 0.25) is 0 Å². The monoisotopic (exact) mass is 278 g/mol. The van der Waals surface area contributed by atoms with Gasteiger partial charge in [0.1, 0.15) is 0 Å². The third-order valence-corrected chi connectivity index (χ3v) is 3.56. The molecule has 0 atom stereocenters. The van der Waals surface area contributed by atoms with E-state index < -0.39 is 11.9 Å². The topological polar surface area (TPSA) is 74.6 Å². The van der Waals surface area contributed by atoms with Crippen molar-refractivity contribution in [2.24, 2.45) is 0 Å². The van der Waals surface area contributed by atoms with Crippen LogP contribution in [-0.2, 0) is 35.3 Å². The molecule has 0 saturated carbocycles. The maximum absolute atomic E-state index is 10.8. The number of carboxylic acids is 2. The second-order valence-corrected chi connectivity index (χ2v) is 4.84. The van der Waals surface area contributed by atoms with Crippen molar-refractivity contribution < 1.29 is 19.8 Å². The highest BCUT2D eigenvalue weighted by Gasteiger charge is 2.13. The van der Waals surface area contributed by atoms with Crippen molar-refractivity contribution in [2.75, 3.05) is 0 Å². The van der Waals surface area contributed by atoms with E-state index in [0.29, 0.717) is 12.8 Å². The third kappa shape index (κ3) is 4.37. The summed E-state index contributed by atoms with van der Waals surface area (Å²) < 4.78 is 0. The van der Waals surface area contributed by atoms with Gasteiger partial charge < -0.3 is 10.2 Å². The van der Waals surface area contributed by atoms with Crippen LogP contribution in [0.3, 0.4) is 0 Å². The Hall–Kier alpha value is -1.84. The molecule has 0 unspecified atom stereocenters. The fraction of sp³-hybridized carbons (Fsp3) is 0.500. The van der Waals surface area contributed by atoms with E-state index in [4.69, 9.17) is 10.2 Å². The molecule has 0 fully saturated rings. The minimum atomic E-state index is -0.807. The molecule has 0 bridgehead atoms. The summed E-state index contributed by atoms with van der Waals surface area (Å²) >= 11 is 0. The Bertz CT molecular complexity index is 491. The minimum absolute atomic E-state index is 0.108. The second kappa shape index (κ2) is 7.68. The van der Waals surface area contributed by atoms with Gasteiger partial charge in [0.25, 0.3) is 0 Å². The molecular weight excluding hydrogens is 256 g/mol.